The second-order valence-electron chi connectivity index (χ2n) is 4.66. The van der Waals surface area contributed by atoms with E-state index in [9.17, 15) is 0 Å². The van der Waals surface area contributed by atoms with Crippen molar-refractivity contribution in [1.29, 1.82) is 0 Å². The van der Waals surface area contributed by atoms with Crippen LogP contribution in [0.5, 0.6) is 5.75 Å². The minimum atomic E-state index is 0.786. The Hall–Kier alpha value is -2.16. The van der Waals surface area contributed by atoms with E-state index in [-0.39, 0.29) is 0 Å². The van der Waals surface area contributed by atoms with E-state index in [4.69, 9.17) is 10.5 Å². The topological polar surface area (TPSA) is 38.5 Å². The predicted molar refractivity (Wildman–Crippen MR) is 80.7 cm³/mol. The third-order valence-corrected chi connectivity index (χ3v) is 3.36. The number of benzene rings is 2. The summed E-state index contributed by atoms with van der Waals surface area (Å²) in [5.41, 5.74) is 10.2. The summed E-state index contributed by atoms with van der Waals surface area (Å²) < 4.78 is 5.38. The van der Waals surface area contributed by atoms with Crippen molar-refractivity contribution in [2.75, 3.05) is 24.8 Å². The zero-order valence-corrected chi connectivity index (χ0v) is 11.7. The number of nitrogens with two attached hydrogens (primary N) is 1. The van der Waals surface area contributed by atoms with E-state index in [2.05, 4.69) is 24.1 Å². The molecule has 0 fully saturated rings. The molecular weight excluding hydrogens is 236 g/mol. The summed E-state index contributed by atoms with van der Waals surface area (Å²) >= 11 is 0. The number of ether oxygens (including phenoxy) is 1. The Labute approximate surface area is 114 Å². The molecule has 0 amide bonds. The first-order valence-corrected chi connectivity index (χ1v) is 6.31. The first-order chi connectivity index (χ1) is 9.13. The van der Waals surface area contributed by atoms with Gasteiger partial charge in [0.15, 0.2) is 0 Å². The van der Waals surface area contributed by atoms with Crippen LogP contribution < -0.4 is 15.4 Å². The van der Waals surface area contributed by atoms with Crippen LogP contribution in [-0.4, -0.2) is 14.2 Å². The van der Waals surface area contributed by atoms with Crippen molar-refractivity contribution in [1.82, 2.24) is 0 Å². The quantitative estimate of drug-likeness (QED) is 0.854. The standard InChI is InChI=1S/C16H20N2O/c1-12-14(17)8-6-9-15(12)18(2)11-13-7-4-5-10-16(13)19-3/h4-10H,11,17H2,1-3H3. The van der Waals surface area contributed by atoms with Crippen molar-refractivity contribution >= 4 is 11.4 Å². The van der Waals surface area contributed by atoms with Crippen LogP contribution in [0.4, 0.5) is 11.4 Å². The first-order valence-electron chi connectivity index (χ1n) is 6.31. The maximum atomic E-state index is 5.96. The number of anilines is 2. The van der Waals surface area contributed by atoms with Crippen LogP contribution in [0.1, 0.15) is 11.1 Å². The fraction of sp³-hybridized carbons (Fsp3) is 0.250. The molecule has 0 aromatic heterocycles. The summed E-state index contributed by atoms with van der Waals surface area (Å²) in [4.78, 5) is 2.18. The maximum absolute atomic E-state index is 5.96. The lowest BCUT2D eigenvalue weighted by molar-refractivity contribution is 0.409. The van der Waals surface area contributed by atoms with Crippen molar-refractivity contribution in [2.45, 2.75) is 13.5 Å². The molecule has 2 aromatic rings. The summed E-state index contributed by atoms with van der Waals surface area (Å²) in [7, 11) is 3.76. The molecule has 0 atom stereocenters. The minimum absolute atomic E-state index is 0.786. The molecule has 0 aliphatic rings. The number of rotatable bonds is 4. The van der Waals surface area contributed by atoms with Gasteiger partial charge in [0.1, 0.15) is 5.75 Å². The van der Waals surface area contributed by atoms with E-state index in [1.54, 1.807) is 7.11 Å². The van der Waals surface area contributed by atoms with Crippen molar-refractivity contribution < 1.29 is 4.74 Å². The highest BCUT2D eigenvalue weighted by atomic mass is 16.5. The number of hydrogen-bond acceptors (Lipinski definition) is 3. The van der Waals surface area contributed by atoms with Gasteiger partial charge >= 0.3 is 0 Å². The highest BCUT2D eigenvalue weighted by Gasteiger charge is 2.09. The molecule has 3 nitrogen and oxygen atoms in total. The SMILES string of the molecule is COc1ccccc1CN(C)c1cccc(N)c1C. The van der Waals surface area contributed by atoms with Crippen molar-refractivity contribution in [3.63, 3.8) is 0 Å². The first kappa shape index (κ1) is 13.3. The van der Waals surface area contributed by atoms with E-state index in [0.29, 0.717) is 0 Å². The van der Waals surface area contributed by atoms with Gasteiger partial charge in [-0.1, -0.05) is 24.3 Å². The molecule has 2 aromatic carbocycles. The Morgan fingerprint density at radius 3 is 2.58 bits per heavy atom. The zero-order chi connectivity index (χ0) is 13.8. The fourth-order valence-electron chi connectivity index (χ4n) is 2.23. The Kier molecular flexibility index (Phi) is 3.95. The molecule has 2 rings (SSSR count). The molecule has 0 spiro atoms. The summed E-state index contributed by atoms with van der Waals surface area (Å²) in [6.45, 7) is 2.83. The Morgan fingerprint density at radius 2 is 1.84 bits per heavy atom. The van der Waals surface area contributed by atoms with Gasteiger partial charge in [0.05, 0.1) is 7.11 Å². The van der Waals surface area contributed by atoms with Crippen LogP contribution in [0.3, 0.4) is 0 Å². The molecule has 0 bridgehead atoms. The number of nitrogens with zero attached hydrogens (tertiary/aromatic N) is 1. The van der Waals surface area contributed by atoms with Gasteiger partial charge in [-0.15, -0.1) is 0 Å². The van der Waals surface area contributed by atoms with Crippen LogP contribution >= 0.6 is 0 Å². The largest absolute Gasteiger partial charge is 0.496 e. The van der Waals surface area contributed by atoms with Gasteiger partial charge in [-0.2, -0.15) is 0 Å². The third-order valence-electron chi connectivity index (χ3n) is 3.36. The summed E-state index contributed by atoms with van der Waals surface area (Å²) in [6, 6.07) is 14.1. The van der Waals surface area contributed by atoms with Gasteiger partial charge in [-0.3, -0.25) is 0 Å². The lowest BCUT2D eigenvalue weighted by Gasteiger charge is -2.23. The number of hydrogen-bond donors (Lipinski definition) is 1. The molecule has 0 aliphatic heterocycles. The van der Waals surface area contributed by atoms with E-state index in [1.165, 1.54) is 0 Å². The molecule has 3 heteroatoms. The Balaban J connectivity index is 2.26. The Morgan fingerprint density at radius 1 is 1.11 bits per heavy atom. The van der Waals surface area contributed by atoms with Gasteiger partial charge in [-0.05, 0) is 30.7 Å². The summed E-state index contributed by atoms with van der Waals surface area (Å²) in [5, 5.41) is 0. The van der Waals surface area contributed by atoms with E-state index in [0.717, 1.165) is 34.8 Å². The number of nitrogen functional groups attached to an aromatic ring is 1. The highest BCUT2D eigenvalue weighted by molar-refractivity contribution is 5.64. The van der Waals surface area contributed by atoms with E-state index >= 15 is 0 Å². The molecule has 2 N–H and O–H groups in total. The maximum Gasteiger partial charge on any atom is 0.123 e. The number of para-hydroxylation sites is 1. The molecule has 0 saturated heterocycles. The highest BCUT2D eigenvalue weighted by Crippen LogP contribution is 2.27. The van der Waals surface area contributed by atoms with Crippen LogP contribution in [0.2, 0.25) is 0 Å². The minimum Gasteiger partial charge on any atom is -0.496 e. The van der Waals surface area contributed by atoms with Gasteiger partial charge < -0.3 is 15.4 Å². The van der Waals surface area contributed by atoms with E-state index < -0.39 is 0 Å². The van der Waals surface area contributed by atoms with E-state index in [1.807, 2.05) is 37.3 Å². The van der Waals surface area contributed by atoms with Gasteiger partial charge in [-0.25, -0.2) is 0 Å². The van der Waals surface area contributed by atoms with Crippen LogP contribution in [0.25, 0.3) is 0 Å². The molecule has 0 heterocycles. The lowest BCUT2D eigenvalue weighted by Crippen LogP contribution is -2.18. The van der Waals surface area contributed by atoms with Gasteiger partial charge in [0.2, 0.25) is 0 Å². The molecule has 0 aliphatic carbocycles. The molecule has 100 valence electrons. The van der Waals surface area contributed by atoms with Crippen LogP contribution in [-0.2, 0) is 6.54 Å². The Bertz CT molecular complexity index is 566. The molecule has 19 heavy (non-hydrogen) atoms. The fourth-order valence-corrected chi connectivity index (χ4v) is 2.23. The average Bonchev–Trinajstić information content (AvgIpc) is 2.42. The zero-order valence-electron chi connectivity index (χ0n) is 11.7. The molecular formula is C16H20N2O. The van der Waals surface area contributed by atoms with Crippen molar-refractivity contribution in [3.05, 3.63) is 53.6 Å². The number of methoxy groups -OCH3 is 1. The smallest absolute Gasteiger partial charge is 0.123 e. The lowest BCUT2D eigenvalue weighted by atomic mass is 10.1. The monoisotopic (exact) mass is 256 g/mol. The summed E-state index contributed by atoms with van der Waals surface area (Å²) in [5.74, 6) is 0.913. The molecule has 0 unspecified atom stereocenters. The van der Waals surface area contributed by atoms with Gasteiger partial charge in [0.25, 0.3) is 0 Å². The second-order valence-corrected chi connectivity index (χ2v) is 4.66. The van der Waals surface area contributed by atoms with Crippen molar-refractivity contribution in [2.24, 2.45) is 0 Å². The third kappa shape index (κ3) is 2.81. The normalized spacial score (nSPS) is 10.3. The second kappa shape index (κ2) is 5.65. The van der Waals surface area contributed by atoms with Gasteiger partial charge in [0, 0.05) is 30.5 Å². The summed E-state index contributed by atoms with van der Waals surface area (Å²) in [6.07, 6.45) is 0. The van der Waals surface area contributed by atoms with Crippen LogP contribution in [0, 0.1) is 6.92 Å². The average molecular weight is 256 g/mol. The molecule has 0 radical (unpaired) electrons. The molecule has 0 saturated carbocycles. The van der Waals surface area contributed by atoms with Crippen molar-refractivity contribution in [3.8, 4) is 5.75 Å². The van der Waals surface area contributed by atoms with Crippen LogP contribution in [0.15, 0.2) is 42.5 Å². The predicted octanol–water partition coefficient (Wildman–Crippen LogP) is 3.22.